The summed E-state index contributed by atoms with van der Waals surface area (Å²) in [6, 6.07) is 23.6. The summed E-state index contributed by atoms with van der Waals surface area (Å²) in [6.07, 6.45) is 0. The van der Waals surface area contributed by atoms with Crippen LogP contribution in [-0.4, -0.2) is 39.2 Å². The lowest BCUT2D eigenvalue weighted by Gasteiger charge is -2.31. The molecule has 1 N–H and O–H groups in total. The van der Waals surface area contributed by atoms with E-state index < -0.39 is 6.04 Å². The number of hydrogen-bond acceptors (Lipinski definition) is 7. The monoisotopic (exact) mass is 554 g/mol. The van der Waals surface area contributed by atoms with Gasteiger partial charge in [-0.25, -0.2) is 9.97 Å². The van der Waals surface area contributed by atoms with Crippen LogP contribution >= 0.6 is 11.8 Å². The Labute approximate surface area is 237 Å². The highest BCUT2D eigenvalue weighted by molar-refractivity contribution is 7.99. The minimum atomic E-state index is -0.889. The van der Waals surface area contributed by atoms with Crippen LogP contribution in [0.5, 0.6) is 11.5 Å². The number of carbonyl (C=O) groups is 2. The molecule has 0 bridgehead atoms. The van der Waals surface area contributed by atoms with Crippen LogP contribution in [0, 0.1) is 20.8 Å². The Morgan fingerprint density at radius 2 is 1.60 bits per heavy atom. The third-order valence-electron chi connectivity index (χ3n) is 6.40. The summed E-state index contributed by atoms with van der Waals surface area (Å²) in [5.74, 6) is 0.726. The van der Waals surface area contributed by atoms with Crippen molar-refractivity contribution in [2.24, 2.45) is 0 Å². The lowest BCUT2D eigenvalue weighted by Crippen LogP contribution is -2.41. The zero-order valence-corrected chi connectivity index (χ0v) is 23.4. The molecule has 0 radical (unpaired) electrons. The molecule has 3 aromatic carbocycles. The first-order chi connectivity index (χ1) is 19.4. The molecule has 1 aromatic heterocycles. The van der Waals surface area contributed by atoms with Crippen molar-refractivity contribution in [3.05, 3.63) is 107 Å². The smallest absolute Gasteiger partial charge is 0.251 e. The molecule has 0 unspecified atom stereocenters. The lowest BCUT2D eigenvalue weighted by atomic mass is 10.0. The molecule has 1 atom stereocenters. The molecule has 204 valence electrons. The fraction of sp³-hybridized carbons (Fsp3) is 0.226. The third-order valence-corrected chi connectivity index (χ3v) is 7.23. The maximum Gasteiger partial charge on any atom is 0.251 e. The maximum absolute atomic E-state index is 14.0. The predicted molar refractivity (Wildman–Crippen MR) is 154 cm³/mol. The Morgan fingerprint density at radius 1 is 0.900 bits per heavy atom. The van der Waals surface area contributed by atoms with E-state index >= 15 is 0 Å². The lowest BCUT2D eigenvalue weighted by molar-refractivity contribution is -0.137. The zero-order valence-electron chi connectivity index (χ0n) is 22.6. The van der Waals surface area contributed by atoms with Crippen LogP contribution < -0.4 is 14.8 Å². The first kappa shape index (κ1) is 27.2. The van der Waals surface area contributed by atoms with Gasteiger partial charge in [0.2, 0.25) is 12.7 Å². The fourth-order valence-electron chi connectivity index (χ4n) is 4.48. The van der Waals surface area contributed by atoms with Gasteiger partial charge in [-0.2, -0.15) is 0 Å². The number of aromatic nitrogens is 2. The maximum atomic E-state index is 14.0. The van der Waals surface area contributed by atoms with E-state index in [4.69, 9.17) is 9.47 Å². The molecule has 2 heterocycles. The quantitative estimate of drug-likeness (QED) is 0.212. The van der Waals surface area contributed by atoms with E-state index in [1.807, 2.05) is 81.4 Å². The molecule has 4 aromatic rings. The second-order valence-corrected chi connectivity index (χ2v) is 10.5. The number of rotatable bonds is 9. The molecule has 0 fully saturated rings. The largest absolute Gasteiger partial charge is 0.454 e. The molecule has 1 aliphatic heterocycles. The number of benzene rings is 3. The van der Waals surface area contributed by atoms with Gasteiger partial charge in [0.15, 0.2) is 16.7 Å². The first-order valence-electron chi connectivity index (χ1n) is 12.9. The second-order valence-electron chi connectivity index (χ2n) is 9.60. The predicted octanol–water partition coefficient (Wildman–Crippen LogP) is 5.63. The summed E-state index contributed by atoms with van der Waals surface area (Å²) in [5, 5.41) is 3.52. The molecule has 40 heavy (non-hydrogen) atoms. The van der Waals surface area contributed by atoms with Gasteiger partial charge >= 0.3 is 0 Å². The molecule has 8 nitrogen and oxygen atoms in total. The highest BCUT2D eigenvalue weighted by atomic mass is 32.2. The van der Waals surface area contributed by atoms with Crippen LogP contribution in [0.15, 0.2) is 84.0 Å². The summed E-state index contributed by atoms with van der Waals surface area (Å²) < 4.78 is 10.9. The number of hydrogen-bond donors (Lipinski definition) is 1. The number of amides is 2. The number of nitrogens with zero attached hydrogens (tertiary/aromatic N) is 3. The summed E-state index contributed by atoms with van der Waals surface area (Å²) in [4.78, 5) is 38.5. The molecule has 2 amide bonds. The second kappa shape index (κ2) is 12.2. The minimum absolute atomic E-state index is 0.0788. The first-order valence-corrected chi connectivity index (χ1v) is 13.9. The highest BCUT2D eigenvalue weighted by Crippen LogP contribution is 2.35. The molecule has 1 aliphatic rings. The van der Waals surface area contributed by atoms with Gasteiger partial charge in [-0.3, -0.25) is 9.59 Å². The molecular formula is C31H30N4O4S. The van der Waals surface area contributed by atoms with Crippen LogP contribution in [0.2, 0.25) is 0 Å². The van der Waals surface area contributed by atoms with Crippen molar-refractivity contribution in [1.82, 2.24) is 14.9 Å². The normalized spacial score (nSPS) is 12.6. The average Bonchev–Trinajstić information content (AvgIpc) is 3.40. The van der Waals surface area contributed by atoms with Gasteiger partial charge in [0.1, 0.15) is 6.04 Å². The van der Waals surface area contributed by atoms with Crippen molar-refractivity contribution in [3.8, 4) is 11.5 Å². The van der Waals surface area contributed by atoms with Crippen molar-refractivity contribution in [1.29, 1.82) is 0 Å². The van der Waals surface area contributed by atoms with Crippen LogP contribution in [-0.2, 0) is 16.1 Å². The van der Waals surface area contributed by atoms with Crippen LogP contribution in [0.25, 0.3) is 0 Å². The SMILES string of the molecule is Cc1ccc([C@H](C(=O)Nc2ccc3c(c2)OCO3)N(Cc2ccccc2)C(=O)CSc2nc(C)cc(C)n2)cc1. The molecule has 0 saturated carbocycles. The van der Waals surface area contributed by atoms with E-state index in [0.29, 0.717) is 27.9 Å². The average molecular weight is 555 g/mol. The fourth-order valence-corrected chi connectivity index (χ4v) is 5.31. The summed E-state index contributed by atoms with van der Waals surface area (Å²) in [7, 11) is 0. The van der Waals surface area contributed by atoms with Crippen LogP contribution in [0.3, 0.4) is 0 Å². The van der Waals surface area contributed by atoms with Gasteiger partial charge in [0.25, 0.3) is 5.91 Å². The third kappa shape index (κ3) is 6.60. The number of nitrogens with one attached hydrogen (secondary N) is 1. The summed E-state index contributed by atoms with van der Waals surface area (Å²) in [5.41, 5.74) is 4.91. The van der Waals surface area contributed by atoms with Crippen molar-refractivity contribution in [3.63, 3.8) is 0 Å². The molecular weight excluding hydrogens is 524 g/mol. The Kier molecular flexibility index (Phi) is 8.31. The standard InChI is InChI=1S/C31H30N4O4S/c1-20-9-11-24(12-10-20)29(30(37)34-25-13-14-26-27(16-25)39-19-38-26)35(17-23-7-5-4-6-8-23)28(36)18-40-31-32-21(2)15-22(3)33-31/h4-16,29H,17-19H2,1-3H3,(H,34,37)/t29-/m1/s1. The van der Waals surface area contributed by atoms with E-state index in [-0.39, 0.29) is 30.9 Å². The van der Waals surface area contributed by atoms with E-state index in [1.54, 1.807) is 23.1 Å². The minimum Gasteiger partial charge on any atom is -0.454 e. The number of thioether (sulfide) groups is 1. The number of anilines is 1. The van der Waals surface area contributed by atoms with Crippen molar-refractivity contribution >= 4 is 29.3 Å². The van der Waals surface area contributed by atoms with E-state index in [2.05, 4.69) is 15.3 Å². The summed E-state index contributed by atoms with van der Waals surface area (Å²) >= 11 is 1.26. The van der Waals surface area contributed by atoms with Crippen molar-refractivity contribution in [2.75, 3.05) is 17.9 Å². The highest BCUT2D eigenvalue weighted by Gasteiger charge is 2.32. The van der Waals surface area contributed by atoms with Crippen LogP contribution in [0.1, 0.15) is 34.1 Å². The van der Waals surface area contributed by atoms with Gasteiger partial charge < -0.3 is 19.7 Å². The van der Waals surface area contributed by atoms with Crippen molar-refractivity contribution < 1.29 is 19.1 Å². The van der Waals surface area contributed by atoms with Gasteiger partial charge in [-0.05, 0) is 50.1 Å². The molecule has 0 aliphatic carbocycles. The Balaban J connectivity index is 1.47. The molecule has 5 rings (SSSR count). The number of ether oxygens (including phenoxy) is 2. The zero-order chi connectivity index (χ0) is 28.1. The van der Waals surface area contributed by atoms with Crippen molar-refractivity contribution in [2.45, 2.75) is 38.5 Å². The Bertz CT molecular complexity index is 1490. The van der Waals surface area contributed by atoms with Gasteiger partial charge in [0, 0.05) is 29.7 Å². The number of aryl methyl sites for hydroxylation is 3. The van der Waals surface area contributed by atoms with Gasteiger partial charge in [-0.1, -0.05) is 71.9 Å². The van der Waals surface area contributed by atoms with E-state index in [0.717, 1.165) is 22.5 Å². The Hall–Kier alpha value is -4.37. The number of fused-ring (bicyclic) bond motifs is 1. The molecule has 9 heteroatoms. The van der Waals surface area contributed by atoms with E-state index in [9.17, 15) is 9.59 Å². The van der Waals surface area contributed by atoms with Crippen LogP contribution in [0.4, 0.5) is 5.69 Å². The van der Waals surface area contributed by atoms with Gasteiger partial charge in [0.05, 0.1) is 5.75 Å². The number of carbonyl (C=O) groups excluding carboxylic acids is 2. The van der Waals surface area contributed by atoms with Gasteiger partial charge in [-0.15, -0.1) is 0 Å². The van der Waals surface area contributed by atoms with E-state index in [1.165, 1.54) is 11.8 Å². The summed E-state index contributed by atoms with van der Waals surface area (Å²) in [6.45, 7) is 6.17. The molecule has 0 spiro atoms. The topological polar surface area (TPSA) is 93.7 Å². The Morgan fingerprint density at radius 3 is 2.33 bits per heavy atom. The molecule has 0 saturated heterocycles.